The Kier molecular flexibility index (Phi) is 7.58. The number of carbonyl (C=O) groups excluding carboxylic acids is 1. The van der Waals surface area contributed by atoms with Crippen LogP contribution < -0.4 is 10.1 Å². The molecule has 0 bridgehead atoms. The number of nitrogens with one attached hydrogen (secondary N) is 1. The van der Waals surface area contributed by atoms with Gasteiger partial charge < -0.3 is 14.6 Å². The molecule has 2 unspecified atom stereocenters. The van der Waals surface area contributed by atoms with Crippen LogP contribution in [-0.4, -0.2) is 27.0 Å². The molecule has 6 heteroatoms. The fourth-order valence-corrected chi connectivity index (χ4v) is 4.03. The van der Waals surface area contributed by atoms with Gasteiger partial charge in [-0.3, -0.25) is 9.78 Å². The molecule has 0 aliphatic heterocycles. The smallest absolute Gasteiger partial charge is 0.270 e. The molecule has 4 aromatic rings. The first-order chi connectivity index (χ1) is 16.6. The van der Waals surface area contributed by atoms with Crippen LogP contribution in [0.5, 0.6) is 5.75 Å². The van der Waals surface area contributed by atoms with Crippen LogP contribution in [0, 0.1) is 0 Å². The second-order valence-electron chi connectivity index (χ2n) is 8.60. The van der Waals surface area contributed by atoms with Crippen molar-refractivity contribution in [1.82, 2.24) is 19.9 Å². The Labute approximate surface area is 201 Å². The maximum atomic E-state index is 12.6. The van der Waals surface area contributed by atoms with Crippen LogP contribution in [0.3, 0.4) is 0 Å². The molecule has 0 radical (unpaired) electrons. The second kappa shape index (κ2) is 11.0. The number of benzene rings is 2. The summed E-state index contributed by atoms with van der Waals surface area (Å²) in [7, 11) is 0. The molecule has 0 spiro atoms. The summed E-state index contributed by atoms with van der Waals surface area (Å²) in [4.78, 5) is 21.6. The molecule has 2 aromatic carbocycles. The molecular formula is C28H32N4O2. The number of pyridine rings is 1. The van der Waals surface area contributed by atoms with Gasteiger partial charge in [-0.2, -0.15) is 0 Å². The van der Waals surface area contributed by atoms with E-state index in [4.69, 9.17) is 9.72 Å². The van der Waals surface area contributed by atoms with Gasteiger partial charge in [-0.1, -0.05) is 44.2 Å². The Bertz CT molecular complexity index is 1220. The average molecular weight is 457 g/mol. The Hall–Kier alpha value is -3.67. The number of para-hydroxylation sites is 2. The zero-order valence-electron chi connectivity index (χ0n) is 20.1. The number of aryl methyl sites for hydroxylation is 1. The van der Waals surface area contributed by atoms with Crippen LogP contribution in [0.15, 0.2) is 72.9 Å². The Morgan fingerprint density at radius 2 is 1.79 bits per heavy atom. The van der Waals surface area contributed by atoms with E-state index in [1.165, 1.54) is 5.56 Å². The third-order valence-corrected chi connectivity index (χ3v) is 6.17. The maximum absolute atomic E-state index is 12.6. The standard InChI is InChI=1S/C28H32N4O2/c1-4-20(2)22-13-15-23(16-14-22)34-19-9-18-32-26-12-6-5-10-24(26)31-27(32)21(3)30-28(33)25-11-7-8-17-29-25/h5-8,10-17,20-21H,4,9,18-19H2,1-3H3,(H,30,33). The molecule has 0 saturated heterocycles. The van der Waals surface area contributed by atoms with E-state index in [0.29, 0.717) is 18.2 Å². The predicted molar refractivity (Wildman–Crippen MR) is 135 cm³/mol. The molecule has 1 amide bonds. The first-order valence-corrected chi connectivity index (χ1v) is 12.0. The van der Waals surface area contributed by atoms with E-state index in [-0.39, 0.29) is 11.9 Å². The molecule has 6 nitrogen and oxygen atoms in total. The SMILES string of the molecule is CCC(C)c1ccc(OCCCn2c(C(C)NC(=O)c3ccccn3)nc3ccccc32)cc1. The summed E-state index contributed by atoms with van der Waals surface area (Å²) in [6, 6.07) is 21.5. The minimum atomic E-state index is -0.268. The van der Waals surface area contributed by atoms with E-state index < -0.39 is 0 Å². The lowest BCUT2D eigenvalue weighted by Gasteiger charge is -2.16. The number of ether oxygens (including phenoxy) is 1. The lowest BCUT2D eigenvalue weighted by atomic mass is 9.99. The van der Waals surface area contributed by atoms with Gasteiger partial charge in [0.1, 0.15) is 17.3 Å². The number of amides is 1. The summed E-state index contributed by atoms with van der Waals surface area (Å²) < 4.78 is 8.17. The van der Waals surface area contributed by atoms with Crippen LogP contribution in [-0.2, 0) is 6.54 Å². The molecule has 176 valence electrons. The molecule has 2 heterocycles. The minimum absolute atomic E-state index is 0.212. The van der Waals surface area contributed by atoms with Crippen LogP contribution >= 0.6 is 0 Å². The molecule has 2 atom stereocenters. The third kappa shape index (κ3) is 5.45. The van der Waals surface area contributed by atoms with Crippen molar-refractivity contribution in [3.63, 3.8) is 0 Å². The van der Waals surface area contributed by atoms with Crippen LogP contribution in [0.2, 0.25) is 0 Å². The van der Waals surface area contributed by atoms with Gasteiger partial charge in [-0.15, -0.1) is 0 Å². The number of aromatic nitrogens is 3. The predicted octanol–water partition coefficient (Wildman–Crippen LogP) is 5.90. The van der Waals surface area contributed by atoms with Gasteiger partial charge >= 0.3 is 0 Å². The Morgan fingerprint density at radius 1 is 1.03 bits per heavy atom. The topological polar surface area (TPSA) is 69.0 Å². The quantitative estimate of drug-likeness (QED) is 0.301. The van der Waals surface area contributed by atoms with Crippen molar-refractivity contribution in [2.24, 2.45) is 0 Å². The Balaban J connectivity index is 1.42. The zero-order chi connectivity index (χ0) is 23.9. The van der Waals surface area contributed by atoms with Crippen molar-refractivity contribution in [3.8, 4) is 5.75 Å². The highest BCUT2D eigenvalue weighted by Crippen LogP contribution is 2.23. The molecule has 1 N–H and O–H groups in total. The van der Waals surface area contributed by atoms with Crippen molar-refractivity contribution in [3.05, 3.63) is 90.0 Å². The molecule has 0 aliphatic rings. The number of hydrogen-bond donors (Lipinski definition) is 1. The number of hydrogen-bond acceptors (Lipinski definition) is 4. The average Bonchev–Trinajstić information content (AvgIpc) is 3.25. The van der Waals surface area contributed by atoms with Gasteiger partial charge in [-0.25, -0.2) is 4.98 Å². The third-order valence-electron chi connectivity index (χ3n) is 6.17. The van der Waals surface area contributed by atoms with Crippen LogP contribution in [0.25, 0.3) is 11.0 Å². The lowest BCUT2D eigenvalue weighted by Crippen LogP contribution is -2.29. The molecule has 0 aliphatic carbocycles. The molecule has 34 heavy (non-hydrogen) atoms. The van der Waals surface area contributed by atoms with Crippen LogP contribution in [0.1, 0.15) is 67.4 Å². The number of fused-ring (bicyclic) bond motifs is 1. The highest BCUT2D eigenvalue weighted by Gasteiger charge is 2.19. The number of rotatable bonds is 10. The van der Waals surface area contributed by atoms with E-state index in [1.807, 2.05) is 25.1 Å². The highest BCUT2D eigenvalue weighted by atomic mass is 16.5. The fraction of sp³-hybridized carbons (Fsp3) is 0.321. The molecular weight excluding hydrogens is 424 g/mol. The normalized spacial score (nSPS) is 12.9. The fourth-order valence-electron chi connectivity index (χ4n) is 4.03. The first-order valence-electron chi connectivity index (χ1n) is 12.0. The van der Waals surface area contributed by atoms with E-state index in [9.17, 15) is 4.79 Å². The number of nitrogens with zero attached hydrogens (tertiary/aromatic N) is 3. The van der Waals surface area contributed by atoms with Crippen molar-refractivity contribution in [2.75, 3.05) is 6.61 Å². The van der Waals surface area contributed by atoms with Gasteiger partial charge in [0.25, 0.3) is 5.91 Å². The van der Waals surface area contributed by atoms with E-state index in [1.54, 1.807) is 24.4 Å². The summed E-state index contributed by atoms with van der Waals surface area (Å²) in [6.07, 6.45) is 3.57. The van der Waals surface area contributed by atoms with Crippen molar-refractivity contribution in [1.29, 1.82) is 0 Å². The molecule has 2 aromatic heterocycles. The largest absolute Gasteiger partial charge is 0.494 e. The van der Waals surface area contributed by atoms with Gasteiger partial charge in [-0.05, 0) is 67.6 Å². The van der Waals surface area contributed by atoms with Gasteiger partial charge in [0.2, 0.25) is 0 Å². The summed E-state index contributed by atoms with van der Waals surface area (Å²) in [6.45, 7) is 7.73. The first kappa shape index (κ1) is 23.5. The van der Waals surface area contributed by atoms with Crippen molar-refractivity contribution in [2.45, 2.75) is 52.1 Å². The number of carbonyl (C=O) groups is 1. The summed E-state index contributed by atoms with van der Waals surface area (Å²) >= 11 is 0. The van der Waals surface area contributed by atoms with E-state index in [2.05, 4.69) is 59.0 Å². The second-order valence-corrected chi connectivity index (χ2v) is 8.60. The zero-order valence-corrected chi connectivity index (χ0v) is 20.1. The maximum Gasteiger partial charge on any atom is 0.270 e. The van der Waals surface area contributed by atoms with E-state index in [0.717, 1.165) is 42.0 Å². The monoisotopic (exact) mass is 456 g/mol. The number of imidazole rings is 1. The van der Waals surface area contributed by atoms with Gasteiger partial charge in [0.05, 0.1) is 23.7 Å². The molecule has 4 rings (SSSR count). The van der Waals surface area contributed by atoms with Crippen LogP contribution in [0.4, 0.5) is 0 Å². The van der Waals surface area contributed by atoms with Crippen molar-refractivity contribution < 1.29 is 9.53 Å². The lowest BCUT2D eigenvalue weighted by molar-refractivity contribution is 0.0932. The molecule has 0 fully saturated rings. The van der Waals surface area contributed by atoms with Gasteiger partial charge in [0, 0.05) is 12.7 Å². The summed E-state index contributed by atoms with van der Waals surface area (Å²) in [5.41, 5.74) is 3.70. The summed E-state index contributed by atoms with van der Waals surface area (Å²) in [5, 5.41) is 3.03. The van der Waals surface area contributed by atoms with Gasteiger partial charge in [0.15, 0.2) is 0 Å². The summed E-state index contributed by atoms with van der Waals surface area (Å²) in [5.74, 6) is 2.06. The molecule has 0 saturated carbocycles. The van der Waals surface area contributed by atoms with Crippen molar-refractivity contribution >= 4 is 16.9 Å². The van der Waals surface area contributed by atoms with E-state index >= 15 is 0 Å². The minimum Gasteiger partial charge on any atom is -0.494 e. The Morgan fingerprint density at radius 3 is 2.53 bits per heavy atom. The highest BCUT2D eigenvalue weighted by molar-refractivity contribution is 5.92.